The molecule has 1 amide bonds. The van der Waals surface area contributed by atoms with Crippen molar-refractivity contribution in [2.45, 2.75) is 6.42 Å². The lowest BCUT2D eigenvalue weighted by atomic mass is 10.2. The Morgan fingerprint density at radius 2 is 1.89 bits per heavy atom. The number of likely N-dealkylation sites (N-methyl/N-ethyl adjacent to an activating group) is 1. The first-order chi connectivity index (χ1) is 9.16. The minimum atomic E-state index is -0.539. The third kappa shape index (κ3) is 3.66. The van der Waals surface area contributed by atoms with E-state index < -0.39 is 5.97 Å². The molecule has 5 heteroatoms. The molecule has 0 saturated carbocycles. The van der Waals surface area contributed by atoms with Crippen LogP contribution in [0.1, 0.15) is 15.2 Å². The van der Waals surface area contributed by atoms with Crippen molar-refractivity contribution in [3.63, 3.8) is 0 Å². The average molecular weight is 275 g/mol. The predicted octanol–water partition coefficient (Wildman–Crippen LogP) is 2.52. The second-order valence-corrected chi connectivity index (χ2v) is 4.92. The van der Waals surface area contributed by atoms with Crippen molar-refractivity contribution in [1.82, 2.24) is 5.06 Å². The van der Waals surface area contributed by atoms with Gasteiger partial charge in [-0.15, -0.1) is 11.3 Å². The highest BCUT2D eigenvalue weighted by molar-refractivity contribution is 7.10. The summed E-state index contributed by atoms with van der Waals surface area (Å²) in [5, 5.41) is 2.88. The molecule has 98 valence electrons. The van der Waals surface area contributed by atoms with Crippen LogP contribution >= 0.6 is 11.3 Å². The first-order valence-corrected chi connectivity index (χ1v) is 6.61. The van der Waals surface area contributed by atoms with Gasteiger partial charge in [0.2, 0.25) is 0 Å². The van der Waals surface area contributed by atoms with Crippen LogP contribution in [0.5, 0.6) is 0 Å². The van der Waals surface area contributed by atoms with E-state index in [2.05, 4.69) is 0 Å². The fourth-order valence-corrected chi connectivity index (χ4v) is 2.17. The largest absolute Gasteiger partial charge is 0.363 e. The number of thiophene rings is 1. The molecule has 0 aliphatic carbocycles. The summed E-state index contributed by atoms with van der Waals surface area (Å²) >= 11 is 1.50. The zero-order chi connectivity index (χ0) is 13.7. The molecule has 0 aliphatic heterocycles. The molecule has 0 atom stereocenters. The predicted molar refractivity (Wildman–Crippen MR) is 72.7 cm³/mol. The van der Waals surface area contributed by atoms with Gasteiger partial charge in [0.1, 0.15) is 0 Å². The average Bonchev–Trinajstić information content (AvgIpc) is 2.92. The van der Waals surface area contributed by atoms with E-state index >= 15 is 0 Å². The molecule has 0 unspecified atom stereocenters. The molecule has 1 aromatic heterocycles. The number of carbonyl (C=O) groups excluding carboxylic acids is 2. The fraction of sp³-hybridized carbons (Fsp3) is 0.143. The van der Waals surface area contributed by atoms with Gasteiger partial charge in [0.25, 0.3) is 5.91 Å². The molecule has 1 aromatic carbocycles. The van der Waals surface area contributed by atoms with Crippen molar-refractivity contribution in [2.75, 3.05) is 7.05 Å². The molecule has 2 aromatic rings. The Labute approximate surface area is 115 Å². The molecule has 1 heterocycles. The van der Waals surface area contributed by atoms with E-state index in [0.29, 0.717) is 5.56 Å². The van der Waals surface area contributed by atoms with Gasteiger partial charge in [-0.2, -0.15) is 5.06 Å². The summed E-state index contributed by atoms with van der Waals surface area (Å²) in [7, 11) is 1.44. The first-order valence-electron chi connectivity index (χ1n) is 5.73. The van der Waals surface area contributed by atoms with Crippen LogP contribution < -0.4 is 0 Å². The van der Waals surface area contributed by atoms with Gasteiger partial charge in [-0.1, -0.05) is 24.3 Å². The quantitative estimate of drug-likeness (QED) is 0.809. The smallest absolute Gasteiger partial charge is 0.333 e. The molecule has 0 fully saturated rings. The zero-order valence-electron chi connectivity index (χ0n) is 10.4. The van der Waals surface area contributed by atoms with E-state index in [0.717, 1.165) is 9.94 Å². The SMILES string of the molecule is CN(OC(=O)c1ccccc1)C(=O)Cc1cccs1. The van der Waals surface area contributed by atoms with Gasteiger partial charge in [0.05, 0.1) is 12.0 Å². The van der Waals surface area contributed by atoms with Gasteiger partial charge in [-0.05, 0) is 23.6 Å². The van der Waals surface area contributed by atoms with Gasteiger partial charge in [0, 0.05) is 11.9 Å². The minimum absolute atomic E-state index is 0.232. The monoisotopic (exact) mass is 275 g/mol. The molecule has 0 bridgehead atoms. The molecule has 0 radical (unpaired) electrons. The van der Waals surface area contributed by atoms with Gasteiger partial charge in [-0.3, -0.25) is 4.79 Å². The number of carbonyl (C=O) groups is 2. The molecule has 0 aliphatic rings. The van der Waals surface area contributed by atoms with Crippen LogP contribution in [0.15, 0.2) is 47.8 Å². The topological polar surface area (TPSA) is 46.6 Å². The van der Waals surface area contributed by atoms with Crippen LogP contribution in [0.4, 0.5) is 0 Å². The molecule has 19 heavy (non-hydrogen) atoms. The van der Waals surface area contributed by atoms with Crippen molar-refractivity contribution in [3.05, 3.63) is 58.3 Å². The van der Waals surface area contributed by atoms with E-state index in [9.17, 15) is 9.59 Å². The van der Waals surface area contributed by atoms with E-state index in [-0.39, 0.29) is 12.3 Å². The van der Waals surface area contributed by atoms with E-state index in [1.165, 1.54) is 18.4 Å². The summed E-state index contributed by atoms with van der Waals surface area (Å²) in [5.74, 6) is -0.797. The highest BCUT2D eigenvalue weighted by Crippen LogP contribution is 2.11. The van der Waals surface area contributed by atoms with Crippen molar-refractivity contribution in [2.24, 2.45) is 0 Å². The standard InChI is InChI=1S/C14H13NO3S/c1-15(13(16)10-12-8-5-9-19-12)18-14(17)11-6-3-2-4-7-11/h2-9H,10H2,1H3. The number of rotatable bonds is 3. The Balaban J connectivity index is 1.92. The normalized spacial score (nSPS) is 9.95. The molecule has 4 nitrogen and oxygen atoms in total. The maximum Gasteiger partial charge on any atom is 0.363 e. The highest BCUT2D eigenvalue weighted by atomic mass is 32.1. The summed E-state index contributed by atoms with van der Waals surface area (Å²) in [6.07, 6.45) is 0.232. The maximum absolute atomic E-state index is 11.8. The Kier molecular flexibility index (Phi) is 4.30. The summed E-state index contributed by atoms with van der Waals surface area (Å²) in [6, 6.07) is 12.3. The summed E-state index contributed by atoms with van der Waals surface area (Å²) in [4.78, 5) is 29.5. The van der Waals surface area contributed by atoms with Gasteiger partial charge >= 0.3 is 5.97 Å². The molecule has 2 rings (SSSR count). The Bertz CT molecular complexity index is 551. The van der Waals surface area contributed by atoms with Crippen molar-refractivity contribution >= 4 is 23.2 Å². The number of hydrogen-bond donors (Lipinski definition) is 0. The molecular formula is C14H13NO3S. The maximum atomic E-state index is 11.8. The van der Waals surface area contributed by atoms with Crippen LogP contribution in [0.2, 0.25) is 0 Å². The lowest BCUT2D eigenvalue weighted by Crippen LogP contribution is -2.30. The molecule has 0 N–H and O–H groups in total. The fourth-order valence-electron chi connectivity index (χ4n) is 1.48. The third-order valence-corrected chi connectivity index (χ3v) is 3.36. The zero-order valence-corrected chi connectivity index (χ0v) is 11.2. The van der Waals surface area contributed by atoms with E-state index in [4.69, 9.17) is 4.84 Å². The van der Waals surface area contributed by atoms with Crippen LogP contribution in [0.3, 0.4) is 0 Å². The molecule has 0 spiro atoms. The number of nitrogens with zero attached hydrogens (tertiary/aromatic N) is 1. The summed E-state index contributed by atoms with van der Waals surface area (Å²) in [6.45, 7) is 0. The number of hydrogen-bond acceptors (Lipinski definition) is 4. The van der Waals surface area contributed by atoms with E-state index in [1.54, 1.807) is 24.3 Å². The van der Waals surface area contributed by atoms with Crippen LogP contribution in [0, 0.1) is 0 Å². The van der Waals surface area contributed by atoms with Crippen LogP contribution in [-0.2, 0) is 16.1 Å². The summed E-state index contributed by atoms with van der Waals surface area (Å²) < 4.78 is 0. The van der Waals surface area contributed by atoms with Gasteiger partial charge in [0.15, 0.2) is 0 Å². The second-order valence-electron chi connectivity index (χ2n) is 3.89. The highest BCUT2D eigenvalue weighted by Gasteiger charge is 2.16. The summed E-state index contributed by atoms with van der Waals surface area (Å²) in [5.41, 5.74) is 0.415. The van der Waals surface area contributed by atoms with Crippen molar-refractivity contribution in [3.8, 4) is 0 Å². The van der Waals surface area contributed by atoms with Crippen molar-refractivity contribution < 1.29 is 14.4 Å². The second kappa shape index (κ2) is 6.15. The van der Waals surface area contributed by atoms with Gasteiger partial charge in [-0.25, -0.2) is 4.79 Å². The van der Waals surface area contributed by atoms with Crippen LogP contribution in [0.25, 0.3) is 0 Å². The lowest BCUT2D eigenvalue weighted by molar-refractivity contribution is -0.160. The minimum Gasteiger partial charge on any atom is -0.333 e. The Morgan fingerprint density at radius 1 is 1.16 bits per heavy atom. The van der Waals surface area contributed by atoms with Crippen molar-refractivity contribution in [1.29, 1.82) is 0 Å². The molecular weight excluding hydrogens is 262 g/mol. The van der Waals surface area contributed by atoms with Gasteiger partial charge < -0.3 is 4.84 Å². The molecule has 0 saturated heterocycles. The Morgan fingerprint density at radius 3 is 2.53 bits per heavy atom. The third-order valence-electron chi connectivity index (χ3n) is 2.49. The van der Waals surface area contributed by atoms with Crippen LogP contribution in [-0.4, -0.2) is 24.0 Å². The number of amides is 1. The first kappa shape index (κ1) is 13.3. The number of benzene rings is 1. The van der Waals surface area contributed by atoms with E-state index in [1.807, 2.05) is 23.6 Å². The Hall–Kier alpha value is -2.14. The lowest BCUT2D eigenvalue weighted by Gasteiger charge is -2.15. The number of hydroxylamine groups is 2.